The highest BCUT2D eigenvalue weighted by Gasteiger charge is 2.43. The van der Waals surface area contributed by atoms with Gasteiger partial charge in [-0.1, -0.05) is 11.6 Å². The van der Waals surface area contributed by atoms with Gasteiger partial charge in [0.2, 0.25) is 5.91 Å². The number of fused-ring (bicyclic) bond motifs is 1. The molecule has 1 amide bonds. The van der Waals surface area contributed by atoms with Crippen molar-refractivity contribution in [2.75, 3.05) is 13.1 Å². The number of ketones is 1. The molecule has 3 heterocycles. The predicted molar refractivity (Wildman–Crippen MR) is 89.3 cm³/mol. The number of hydrogen-bond acceptors (Lipinski definition) is 5. The van der Waals surface area contributed by atoms with E-state index in [9.17, 15) is 9.59 Å². The number of ether oxygens (including phenoxy) is 1. The Balaban J connectivity index is 1.44. The molecule has 7 heteroatoms. The summed E-state index contributed by atoms with van der Waals surface area (Å²) >= 11 is 0. The Morgan fingerprint density at radius 1 is 1.32 bits per heavy atom. The van der Waals surface area contributed by atoms with E-state index in [-0.39, 0.29) is 18.2 Å². The van der Waals surface area contributed by atoms with Crippen LogP contribution in [0.5, 0.6) is 5.75 Å². The van der Waals surface area contributed by atoms with Gasteiger partial charge in [-0.2, -0.15) is 5.10 Å². The van der Waals surface area contributed by atoms with Gasteiger partial charge in [-0.25, -0.2) is 9.67 Å². The minimum atomic E-state index is -0.483. The third-order valence-corrected chi connectivity index (χ3v) is 5.04. The molecule has 1 fully saturated rings. The second kappa shape index (κ2) is 5.98. The maximum absolute atomic E-state index is 12.6. The van der Waals surface area contributed by atoms with E-state index >= 15 is 0 Å². The van der Waals surface area contributed by atoms with Crippen molar-refractivity contribution in [3.8, 4) is 5.75 Å². The molecule has 1 saturated heterocycles. The molecule has 0 bridgehead atoms. The fourth-order valence-corrected chi connectivity index (χ4v) is 3.60. The molecular formula is C18H20N4O3. The first-order valence-corrected chi connectivity index (χ1v) is 8.48. The van der Waals surface area contributed by atoms with Gasteiger partial charge < -0.3 is 9.64 Å². The number of hydrogen-bond donors (Lipinski definition) is 0. The lowest BCUT2D eigenvalue weighted by molar-refractivity contribution is -0.135. The van der Waals surface area contributed by atoms with Crippen LogP contribution in [0.3, 0.4) is 0 Å². The fourth-order valence-electron chi connectivity index (χ4n) is 3.60. The highest BCUT2D eigenvalue weighted by Crippen LogP contribution is 2.39. The van der Waals surface area contributed by atoms with Crippen LogP contribution in [0, 0.1) is 6.92 Å². The van der Waals surface area contributed by atoms with E-state index in [0.717, 1.165) is 5.56 Å². The summed E-state index contributed by atoms with van der Waals surface area (Å²) < 4.78 is 7.75. The van der Waals surface area contributed by atoms with E-state index in [0.29, 0.717) is 43.7 Å². The normalized spacial score (nSPS) is 18.8. The van der Waals surface area contributed by atoms with Crippen molar-refractivity contribution in [1.29, 1.82) is 0 Å². The number of Topliss-reactive ketones (excluding diaryl/α,β-unsaturated/α-hetero) is 1. The third kappa shape index (κ3) is 3.01. The summed E-state index contributed by atoms with van der Waals surface area (Å²) in [5.41, 5.74) is 1.25. The number of rotatable bonds is 2. The molecule has 0 unspecified atom stereocenters. The lowest BCUT2D eigenvalue weighted by atomic mass is 9.82. The molecule has 1 aromatic carbocycles. The van der Waals surface area contributed by atoms with Crippen LogP contribution in [0.25, 0.3) is 0 Å². The Bertz CT molecular complexity index is 808. The number of carbonyl (C=O) groups excluding carboxylic acids is 2. The van der Waals surface area contributed by atoms with Crippen molar-refractivity contribution in [3.05, 3.63) is 42.0 Å². The summed E-state index contributed by atoms with van der Waals surface area (Å²) in [5.74, 6) is 0.815. The number of piperidine rings is 1. The number of amides is 1. The van der Waals surface area contributed by atoms with E-state index in [1.165, 1.54) is 17.3 Å². The number of carbonyl (C=O) groups is 2. The molecule has 7 nitrogen and oxygen atoms in total. The van der Waals surface area contributed by atoms with Gasteiger partial charge in [-0.05, 0) is 19.1 Å². The minimum Gasteiger partial charge on any atom is -0.486 e. The van der Waals surface area contributed by atoms with Crippen molar-refractivity contribution < 1.29 is 14.3 Å². The number of benzene rings is 1. The molecule has 0 atom stereocenters. The Labute approximate surface area is 145 Å². The van der Waals surface area contributed by atoms with Crippen molar-refractivity contribution in [1.82, 2.24) is 19.7 Å². The molecule has 2 aliphatic heterocycles. The molecule has 130 valence electrons. The minimum absolute atomic E-state index is 0.0125. The maximum Gasteiger partial charge on any atom is 0.244 e. The molecule has 0 aliphatic carbocycles. The largest absolute Gasteiger partial charge is 0.486 e. The zero-order valence-corrected chi connectivity index (χ0v) is 14.1. The highest BCUT2D eigenvalue weighted by molar-refractivity contribution is 6.00. The van der Waals surface area contributed by atoms with Crippen LogP contribution in [0.15, 0.2) is 30.9 Å². The van der Waals surface area contributed by atoms with Gasteiger partial charge in [0.25, 0.3) is 0 Å². The molecule has 1 spiro atoms. The molecule has 4 rings (SSSR count). The van der Waals surface area contributed by atoms with Gasteiger partial charge >= 0.3 is 0 Å². The van der Waals surface area contributed by atoms with E-state index < -0.39 is 5.60 Å². The Kier molecular flexibility index (Phi) is 3.78. The standard InChI is InChI=1S/C18H20N4O3/c1-13-2-3-16-14(8-13)15(23)9-18(25-16)4-6-21(7-5-18)17(24)10-22-12-19-11-20-22/h2-3,8,11-12H,4-7,9-10H2,1H3. The van der Waals surface area contributed by atoms with E-state index in [2.05, 4.69) is 10.1 Å². The van der Waals surface area contributed by atoms with Gasteiger partial charge in [-0.15, -0.1) is 0 Å². The van der Waals surface area contributed by atoms with Crippen molar-refractivity contribution >= 4 is 11.7 Å². The second-order valence-corrected chi connectivity index (χ2v) is 6.86. The molecule has 0 radical (unpaired) electrons. The fraction of sp³-hybridized carbons (Fsp3) is 0.444. The van der Waals surface area contributed by atoms with Crippen molar-refractivity contribution in [3.63, 3.8) is 0 Å². The smallest absolute Gasteiger partial charge is 0.244 e. The average Bonchev–Trinajstić information content (AvgIpc) is 3.09. The average molecular weight is 340 g/mol. The zero-order valence-electron chi connectivity index (χ0n) is 14.1. The summed E-state index contributed by atoms with van der Waals surface area (Å²) in [6.07, 6.45) is 4.66. The quantitative estimate of drug-likeness (QED) is 0.830. The van der Waals surface area contributed by atoms with E-state index in [4.69, 9.17) is 4.74 Å². The van der Waals surface area contributed by atoms with Crippen LogP contribution >= 0.6 is 0 Å². The first-order valence-electron chi connectivity index (χ1n) is 8.48. The van der Waals surface area contributed by atoms with Gasteiger partial charge in [0.05, 0.1) is 12.0 Å². The Hall–Kier alpha value is -2.70. The molecule has 2 aromatic rings. The van der Waals surface area contributed by atoms with Crippen LogP contribution in [-0.4, -0.2) is 50.0 Å². The molecule has 2 aliphatic rings. The van der Waals surface area contributed by atoms with Crippen LogP contribution < -0.4 is 4.74 Å². The van der Waals surface area contributed by atoms with Crippen LogP contribution in [0.1, 0.15) is 35.2 Å². The van der Waals surface area contributed by atoms with Gasteiger partial charge in [0.15, 0.2) is 5.78 Å². The van der Waals surface area contributed by atoms with Gasteiger partial charge in [0.1, 0.15) is 30.5 Å². The summed E-state index contributed by atoms with van der Waals surface area (Å²) in [5, 5.41) is 3.97. The lowest BCUT2D eigenvalue weighted by Crippen LogP contribution is -2.52. The molecule has 25 heavy (non-hydrogen) atoms. The number of nitrogens with zero attached hydrogens (tertiary/aromatic N) is 4. The van der Waals surface area contributed by atoms with Crippen LogP contribution in [0.2, 0.25) is 0 Å². The van der Waals surface area contributed by atoms with Crippen LogP contribution in [0.4, 0.5) is 0 Å². The SMILES string of the molecule is Cc1ccc2c(c1)C(=O)CC1(CCN(C(=O)Cn3cncn3)CC1)O2. The summed E-state index contributed by atoms with van der Waals surface area (Å²) in [6.45, 7) is 3.33. The summed E-state index contributed by atoms with van der Waals surface area (Å²) in [6, 6.07) is 5.73. The first-order chi connectivity index (χ1) is 12.0. The molecule has 0 N–H and O–H groups in total. The zero-order chi connectivity index (χ0) is 17.4. The first kappa shape index (κ1) is 15.8. The monoisotopic (exact) mass is 340 g/mol. The molecular weight excluding hydrogens is 320 g/mol. The predicted octanol–water partition coefficient (Wildman–Crippen LogP) is 1.61. The summed E-state index contributed by atoms with van der Waals surface area (Å²) in [7, 11) is 0. The number of likely N-dealkylation sites (tertiary alicyclic amines) is 1. The molecule has 0 saturated carbocycles. The Morgan fingerprint density at radius 3 is 2.84 bits per heavy atom. The third-order valence-electron chi connectivity index (χ3n) is 5.04. The topological polar surface area (TPSA) is 77.3 Å². The highest BCUT2D eigenvalue weighted by atomic mass is 16.5. The second-order valence-electron chi connectivity index (χ2n) is 6.86. The van der Waals surface area contributed by atoms with Crippen LogP contribution in [-0.2, 0) is 11.3 Å². The van der Waals surface area contributed by atoms with Gasteiger partial charge in [-0.3, -0.25) is 9.59 Å². The maximum atomic E-state index is 12.6. The molecule has 1 aromatic heterocycles. The number of aryl methyl sites for hydroxylation is 1. The van der Waals surface area contributed by atoms with E-state index in [1.807, 2.05) is 30.0 Å². The number of aromatic nitrogens is 3. The van der Waals surface area contributed by atoms with E-state index in [1.54, 1.807) is 0 Å². The van der Waals surface area contributed by atoms with Crippen molar-refractivity contribution in [2.45, 2.75) is 38.3 Å². The lowest BCUT2D eigenvalue weighted by Gasteiger charge is -2.44. The Morgan fingerprint density at radius 2 is 2.12 bits per heavy atom. The van der Waals surface area contributed by atoms with Crippen molar-refractivity contribution in [2.24, 2.45) is 0 Å². The van der Waals surface area contributed by atoms with Gasteiger partial charge in [0, 0.05) is 25.9 Å². The summed E-state index contributed by atoms with van der Waals surface area (Å²) in [4.78, 5) is 30.6.